The summed E-state index contributed by atoms with van der Waals surface area (Å²) in [5, 5.41) is 8.79. The molecule has 0 bridgehead atoms. The summed E-state index contributed by atoms with van der Waals surface area (Å²) in [5.74, 6) is 3.88. The van der Waals surface area contributed by atoms with Crippen LogP contribution in [0.15, 0.2) is 18.2 Å². The number of nitriles is 1. The first-order valence-corrected chi connectivity index (χ1v) is 12.5. The fourth-order valence-electron chi connectivity index (χ4n) is 5.82. The molecule has 0 spiro atoms. The summed E-state index contributed by atoms with van der Waals surface area (Å²) < 4.78 is 19.3. The van der Waals surface area contributed by atoms with Crippen molar-refractivity contribution in [1.29, 1.82) is 5.26 Å². The van der Waals surface area contributed by atoms with E-state index in [0.29, 0.717) is 12.4 Å². The highest BCUT2D eigenvalue weighted by molar-refractivity contribution is 5.36. The molecule has 0 aromatic heterocycles. The number of halogens is 1. The van der Waals surface area contributed by atoms with Gasteiger partial charge in [0.05, 0.1) is 12.2 Å². The third-order valence-corrected chi connectivity index (χ3v) is 7.75. The molecule has 0 atom stereocenters. The Morgan fingerprint density at radius 1 is 0.900 bits per heavy atom. The van der Waals surface area contributed by atoms with Crippen LogP contribution in [0.3, 0.4) is 0 Å². The van der Waals surface area contributed by atoms with Gasteiger partial charge in [-0.25, -0.2) is 4.39 Å². The predicted molar refractivity (Wildman–Crippen MR) is 121 cm³/mol. The van der Waals surface area contributed by atoms with E-state index in [1.165, 1.54) is 95.6 Å². The van der Waals surface area contributed by atoms with Crippen molar-refractivity contribution in [2.45, 2.75) is 96.8 Å². The van der Waals surface area contributed by atoms with Crippen molar-refractivity contribution >= 4 is 0 Å². The van der Waals surface area contributed by atoms with Gasteiger partial charge < -0.3 is 4.74 Å². The van der Waals surface area contributed by atoms with Gasteiger partial charge in [-0.3, -0.25) is 0 Å². The average Bonchev–Trinajstić information content (AvgIpc) is 2.78. The van der Waals surface area contributed by atoms with Crippen LogP contribution in [0.25, 0.3) is 0 Å². The standard InChI is InChI=1S/C27H40FNO/c1-2-3-4-6-21-8-12-23(13-9-21)24-14-10-22(11-15-24)7-5-18-30-26-17-16-25(20-29)27(28)19-26/h16-17,19,21-24H,2-15,18H2,1H3. The second-order valence-electron chi connectivity index (χ2n) is 9.80. The van der Waals surface area contributed by atoms with E-state index < -0.39 is 5.82 Å². The molecule has 0 N–H and O–H groups in total. The molecule has 2 nitrogen and oxygen atoms in total. The maximum Gasteiger partial charge on any atom is 0.144 e. The molecule has 0 unspecified atom stereocenters. The van der Waals surface area contributed by atoms with E-state index in [0.717, 1.165) is 30.1 Å². The largest absolute Gasteiger partial charge is 0.493 e. The fourth-order valence-corrected chi connectivity index (χ4v) is 5.82. The zero-order chi connectivity index (χ0) is 21.2. The molecule has 3 rings (SSSR count). The molecule has 1 aromatic rings. The topological polar surface area (TPSA) is 33.0 Å². The van der Waals surface area contributed by atoms with Crippen LogP contribution in [0.4, 0.5) is 4.39 Å². The fraction of sp³-hybridized carbons (Fsp3) is 0.741. The molecule has 30 heavy (non-hydrogen) atoms. The third-order valence-electron chi connectivity index (χ3n) is 7.75. The highest BCUT2D eigenvalue weighted by Gasteiger charge is 2.30. The Kier molecular flexibility index (Phi) is 9.50. The number of nitrogens with zero attached hydrogens (tertiary/aromatic N) is 1. The van der Waals surface area contributed by atoms with E-state index in [2.05, 4.69) is 6.92 Å². The van der Waals surface area contributed by atoms with Crippen molar-refractivity contribution in [3.63, 3.8) is 0 Å². The number of rotatable bonds is 10. The molecule has 3 heteroatoms. The SMILES string of the molecule is CCCCCC1CCC(C2CCC(CCCOc3ccc(C#N)c(F)c3)CC2)CC1. The van der Waals surface area contributed by atoms with Gasteiger partial charge in [0.2, 0.25) is 0 Å². The summed E-state index contributed by atoms with van der Waals surface area (Å²) in [7, 11) is 0. The van der Waals surface area contributed by atoms with Gasteiger partial charge in [0.25, 0.3) is 0 Å². The van der Waals surface area contributed by atoms with E-state index in [9.17, 15) is 4.39 Å². The number of benzene rings is 1. The Morgan fingerprint density at radius 2 is 1.50 bits per heavy atom. The maximum absolute atomic E-state index is 13.6. The van der Waals surface area contributed by atoms with Crippen LogP contribution in [0, 0.1) is 40.8 Å². The Hall–Kier alpha value is -1.56. The monoisotopic (exact) mass is 413 g/mol. The van der Waals surface area contributed by atoms with Gasteiger partial charge in [0, 0.05) is 6.07 Å². The van der Waals surface area contributed by atoms with Crippen LogP contribution < -0.4 is 4.74 Å². The van der Waals surface area contributed by atoms with Gasteiger partial charge in [0.15, 0.2) is 0 Å². The summed E-state index contributed by atoms with van der Waals surface area (Å²) in [5.41, 5.74) is 0.0732. The molecule has 0 aliphatic heterocycles. The van der Waals surface area contributed by atoms with Crippen molar-refractivity contribution < 1.29 is 9.13 Å². The molecule has 2 fully saturated rings. The van der Waals surface area contributed by atoms with E-state index in [1.807, 2.05) is 6.07 Å². The highest BCUT2D eigenvalue weighted by atomic mass is 19.1. The van der Waals surface area contributed by atoms with Crippen molar-refractivity contribution in [3.8, 4) is 11.8 Å². The lowest BCUT2D eigenvalue weighted by Crippen LogP contribution is -2.26. The lowest BCUT2D eigenvalue weighted by molar-refractivity contribution is 0.138. The molecule has 2 saturated carbocycles. The van der Waals surface area contributed by atoms with Crippen molar-refractivity contribution in [3.05, 3.63) is 29.6 Å². The molecule has 0 radical (unpaired) electrons. The molecular weight excluding hydrogens is 373 g/mol. The maximum atomic E-state index is 13.6. The van der Waals surface area contributed by atoms with Gasteiger partial charge in [-0.15, -0.1) is 0 Å². The van der Waals surface area contributed by atoms with E-state index in [4.69, 9.17) is 10.00 Å². The summed E-state index contributed by atoms with van der Waals surface area (Å²) in [6.45, 7) is 2.93. The highest BCUT2D eigenvalue weighted by Crippen LogP contribution is 2.43. The zero-order valence-corrected chi connectivity index (χ0v) is 18.9. The van der Waals surface area contributed by atoms with Gasteiger partial charge >= 0.3 is 0 Å². The average molecular weight is 414 g/mol. The molecule has 2 aliphatic carbocycles. The van der Waals surface area contributed by atoms with E-state index in [1.54, 1.807) is 6.07 Å². The van der Waals surface area contributed by atoms with Crippen LogP contribution in [0.2, 0.25) is 0 Å². The van der Waals surface area contributed by atoms with Crippen LogP contribution in [0.1, 0.15) is 102 Å². The van der Waals surface area contributed by atoms with Crippen LogP contribution in [-0.2, 0) is 0 Å². The first-order valence-electron chi connectivity index (χ1n) is 12.5. The lowest BCUT2D eigenvalue weighted by Gasteiger charge is -2.38. The molecule has 2 aliphatic rings. The number of hydrogen-bond acceptors (Lipinski definition) is 2. The summed E-state index contributed by atoms with van der Waals surface area (Å²) >= 11 is 0. The van der Waals surface area contributed by atoms with Crippen LogP contribution >= 0.6 is 0 Å². The van der Waals surface area contributed by atoms with E-state index in [-0.39, 0.29) is 5.56 Å². The number of ether oxygens (including phenoxy) is 1. The van der Waals surface area contributed by atoms with Crippen molar-refractivity contribution in [1.82, 2.24) is 0 Å². The first-order chi connectivity index (χ1) is 14.7. The van der Waals surface area contributed by atoms with Gasteiger partial charge in [0.1, 0.15) is 17.6 Å². The smallest absolute Gasteiger partial charge is 0.144 e. The van der Waals surface area contributed by atoms with Gasteiger partial charge in [-0.2, -0.15) is 5.26 Å². The van der Waals surface area contributed by atoms with Crippen molar-refractivity contribution in [2.75, 3.05) is 6.61 Å². The molecule has 0 amide bonds. The summed E-state index contributed by atoms with van der Waals surface area (Å²) in [6, 6.07) is 6.34. The second kappa shape index (κ2) is 12.3. The minimum Gasteiger partial charge on any atom is -0.493 e. The quantitative estimate of drug-likeness (QED) is 0.363. The third kappa shape index (κ3) is 7.00. The minimum atomic E-state index is -0.497. The van der Waals surface area contributed by atoms with Crippen LogP contribution in [0.5, 0.6) is 5.75 Å². The summed E-state index contributed by atoms with van der Waals surface area (Å²) in [4.78, 5) is 0. The Labute approximate surface area is 183 Å². The van der Waals surface area contributed by atoms with Crippen molar-refractivity contribution in [2.24, 2.45) is 23.7 Å². The number of unbranched alkanes of at least 4 members (excludes halogenated alkanes) is 2. The molecular formula is C27H40FNO. The Morgan fingerprint density at radius 3 is 2.03 bits per heavy atom. The lowest BCUT2D eigenvalue weighted by atomic mass is 9.68. The van der Waals surface area contributed by atoms with E-state index >= 15 is 0 Å². The Balaban J connectivity index is 1.27. The molecule has 1 aromatic carbocycles. The second-order valence-corrected chi connectivity index (χ2v) is 9.80. The van der Waals surface area contributed by atoms with Gasteiger partial charge in [-0.05, 0) is 74.3 Å². The van der Waals surface area contributed by atoms with Crippen LogP contribution in [-0.4, -0.2) is 6.61 Å². The Bertz CT molecular complexity index is 666. The van der Waals surface area contributed by atoms with Gasteiger partial charge in [-0.1, -0.05) is 58.3 Å². The summed E-state index contributed by atoms with van der Waals surface area (Å²) in [6.07, 6.45) is 19.5. The number of hydrogen-bond donors (Lipinski definition) is 0. The molecule has 166 valence electrons. The molecule has 0 heterocycles. The molecule has 0 saturated heterocycles. The normalized spacial score (nSPS) is 26.8. The minimum absolute atomic E-state index is 0.0732. The zero-order valence-electron chi connectivity index (χ0n) is 18.9. The first kappa shape index (κ1) is 23.1. The predicted octanol–water partition coefficient (Wildman–Crippen LogP) is 8.05.